The summed E-state index contributed by atoms with van der Waals surface area (Å²) in [6.07, 6.45) is 1.27. The second-order valence-electron chi connectivity index (χ2n) is 5.59. The molecule has 1 unspecified atom stereocenters. The van der Waals surface area contributed by atoms with Crippen LogP contribution < -0.4 is 4.31 Å². The lowest BCUT2D eigenvalue weighted by Crippen LogP contribution is -2.18. The molecule has 0 aliphatic heterocycles. The van der Waals surface area contributed by atoms with E-state index in [1.54, 1.807) is 36.4 Å². The first kappa shape index (κ1) is 18.3. The number of aromatic carboxylic acids is 1. The van der Waals surface area contributed by atoms with E-state index in [0.717, 1.165) is 11.1 Å². The van der Waals surface area contributed by atoms with Gasteiger partial charge >= 0.3 is 5.97 Å². The standard InChI is InChI=1S/C19H17NO4S2/c21-19(22)17-5-2-1-4-15(17)10-7-14-8-11-16(12-9-14)20(26(23)24)18-6-3-13-25-18/h1-6,8-9,11-13H,7,10H2,(H,21,22)(H,23,24)/p-1. The zero-order chi connectivity index (χ0) is 18.5. The molecule has 0 amide bonds. The first-order valence-corrected chi connectivity index (χ1v) is 9.80. The SMILES string of the molecule is O=C(O)c1ccccc1CCc1ccc(N(c2cccs2)S(=O)[O-])cc1. The van der Waals surface area contributed by atoms with Crippen LogP contribution in [0, 0.1) is 0 Å². The molecule has 5 nitrogen and oxygen atoms in total. The number of benzene rings is 2. The van der Waals surface area contributed by atoms with E-state index in [2.05, 4.69) is 0 Å². The molecule has 7 heteroatoms. The fourth-order valence-electron chi connectivity index (χ4n) is 2.70. The summed E-state index contributed by atoms with van der Waals surface area (Å²) in [6, 6.07) is 17.8. The summed E-state index contributed by atoms with van der Waals surface area (Å²) < 4.78 is 24.4. The molecule has 0 fully saturated rings. The Kier molecular flexibility index (Phi) is 5.82. The Morgan fingerprint density at radius 3 is 2.38 bits per heavy atom. The number of aryl methyl sites for hydroxylation is 2. The Balaban J connectivity index is 1.74. The highest BCUT2D eigenvalue weighted by Gasteiger charge is 2.12. The molecule has 1 atom stereocenters. The smallest absolute Gasteiger partial charge is 0.335 e. The molecule has 2 aromatic carbocycles. The van der Waals surface area contributed by atoms with Crippen LogP contribution in [0.1, 0.15) is 21.5 Å². The van der Waals surface area contributed by atoms with Gasteiger partial charge < -0.3 is 9.66 Å². The van der Waals surface area contributed by atoms with Crippen LogP contribution in [0.4, 0.5) is 10.7 Å². The fraction of sp³-hybridized carbons (Fsp3) is 0.105. The Morgan fingerprint density at radius 2 is 1.77 bits per heavy atom. The minimum absolute atomic E-state index is 0.315. The zero-order valence-electron chi connectivity index (χ0n) is 13.7. The third kappa shape index (κ3) is 4.19. The molecule has 0 saturated heterocycles. The minimum Gasteiger partial charge on any atom is -0.755 e. The van der Waals surface area contributed by atoms with Gasteiger partial charge in [0.15, 0.2) is 0 Å². The van der Waals surface area contributed by atoms with E-state index in [1.165, 1.54) is 15.6 Å². The van der Waals surface area contributed by atoms with Crippen molar-refractivity contribution in [2.75, 3.05) is 4.31 Å². The first-order valence-electron chi connectivity index (χ1n) is 7.89. The molecule has 0 aliphatic carbocycles. The van der Waals surface area contributed by atoms with Crippen LogP contribution in [0.15, 0.2) is 66.0 Å². The quantitative estimate of drug-likeness (QED) is 0.618. The van der Waals surface area contributed by atoms with E-state index in [4.69, 9.17) is 0 Å². The van der Waals surface area contributed by atoms with Gasteiger partial charge in [0.25, 0.3) is 0 Å². The van der Waals surface area contributed by atoms with Crippen LogP contribution >= 0.6 is 11.3 Å². The lowest BCUT2D eigenvalue weighted by atomic mass is 10.00. The topological polar surface area (TPSA) is 80.7 Å². The molecular formula is C19H16NO4S2-. The van der Waals surface area contributed by atoms with Crippen molar-refractivity contribution in [2.45, 2.75) is 12.8 Å². The minimum atomic E-state index is -2.40. The summed E-state index contributed by atoms with van der Waals surface area (Å²) in [4.78, 5) is 11.3. The molecule has 134 valence electrons. The predicted octanol–water partition coefficient (Wildman–Crippen LogP) is 4.16. The summed E-state index contributed by atoms with van der Waals surface area (Å²) in [7, 11) is 0. The number of thiophene rings is 1. The van der Waals surface area contributed by atoms with Gasteiger partial charge in [0.05, 0.1) is 22.5 Å². The second-order valence-corrected chi connectivity index (χ2v) is 7.32. The molecule has 1 N–H and O–H groups in total. The number of hydrogen-bond acceptors (Lipinski definition) is 4. The Morgan fingerprint density at radius 1 is 1.04 bits per heavy atom. The molecule has 0 radical (unpaired) electrons. The van der Waals surface area contributed by atoms with Crippen LogP contribution in [-0.2, 0) is 24.1 Å². The Bertz CT molecular complexity index is 908. The summed E-state index contributed by atoms with van der Waals surface area (Å²) in [5.74, 6) is -0.930. The van der Waals surface area contributed by atoms with Crippen LogP contribution in [0.5, 0.6) is 0 Å². The number of carboxylic acid groups (broad SMARTS) is 1. The number of anilines is 2. The monoisotopic (exact) mass is 386 g/mol. The van der Waals surface area contributed by atoms with E-state index in [0.29, 0.717) is 29.1 Å². The van der Waals surface area contributed by atoms with Gasteiger partial charge in [-0.2, -0.15) is 0 Å². The van der Waals surface area contributed by atoms with Gasteiger partial charge in [-0.3, -0.25) is 8.51 Å². The maximum absolute atomic E-state index is 11.6. The average molecular weight is 386 g/mol. The Hall–Kier alpha value is -2.48. The number of carboxylic acids is 1. The molecule has 1 heterocycles. The summed E-state index contributed by atoms with van der Waals surface area (Å²) in [5, 5.41) is 11.7. The Labute approximate surface area is 158 Å². The molecule has 3 rings (SSSR count). The summed E-state index contributed by atoms with van der Waals surface area (Å²) in [6.45, 7) is 0. The van der Waals surface area contributed by atoms with Crippen molar-refractivity contribution in [3.8, 4) is 0 Å². The zero-order valence-corrected chi connectivity index (χ0v) is 15.3. The molecule has 0 aliphatic rings. The third-order valence-corrected chi connectivity index (χ3v) is 5.63. The van der Waals surface area contributed by atoms with Gasteiger partial charge in [-0.15, -0.1) is 11.3 Å². The molecule has 1 aromatic heterocycles. The summed E-state index contributed by atoms with van der Waals surface area (Å²) >= 11 is -1.06. The van der Waals surface area contributed by atoms with Gasteiger partial charge in [0.1, 0.15) is 5.00 Å². The van der Waals surface area contributed by atoms with Crippen LogP contribution in [0.3, 0.4) is 0 Å². The van der Waals surface area contributed by atoms with Crippen LogP contribution in [0.25, 0.3) is 0 Å². The van der Waals surface area contributed by atoms with Gasteiger partial charge in [-0.25, -0.2) is 4.79 Å². The van der Waals surface area contributed by atoms with Crippen molar-refractivity contribution in [3.63, 3.8) is 0 Å². The average Bonchev–Trinajstić information content (AvgIpc) is 3.15. The van der Waals surface area contributed by atoms with Crippen molar-refractivity contribution in [2.24, 2.45) is 0 Å². The van der Waals surface area contributed by atoms with Crippen molar-refractivity contribution >= 4 is 39.3 Å². The van der Waals surface area contributed by atoms with Crippen molar-refractivity contribution in [1.82, 2.24) is 0 Å². The van der Waals surface area contributed by atoms with Gasteiger partial charge in [-0.1, -0.05) is 30.3 Å². The van der Waals surface area contributed by atoms with E-state index < -0.39 is 17.2 Å². The molecule has 3 aromatic rings. The van der Waals surface area contributed by atoms with Crippen molar-refractivity contribution in [3.05, 3.63) is 82.7 Å². The van der Waals surface area contributed by atoms with Gasteiger partial charge in [-0.05, 0) is 59.7 Å². The van der Waals surface area contributed by atoms with Crippen molar-refractivity contribution < 1.29 is 18.7 Å². The molecule has 0 bridgehead atoms. The maximum atomic E-state index is 11.6. The third-order valence-electron chi connectivity index (χ3n) is 3.96. The number of rotatable bonds is 7. The second kappa shape index (κ2) is 8.27. The van der Waals surface area contributed by atoms with Gasteiger partial charge in [0.2, 0.25) is 0 Å². The first-order chi connectivity index (χ1) is 12.6. The number of nitrogens with zero attached hydrogens (tertiary/aromatic N) is 1. The lowest BCUT2D eigenvalue weighted by molar-refractivity contribution is 0.0695. The lowest BCUT2D eigenvalue weighted by Gasteiger charge is -2.24. The van der Waals surface area contributed by atoms with Crippen LogP contribution in [-0.4, -0.2) is 19.8 Å². The fourth-order valence-corrected chi connectivity index (χ4v) is 4.16. The molecule has 26 heavy (non-hydrogen) atoms. The number of hydrogen-bond donors (Lipinski definition) is 1. The normalized spacial score (nSPS) is 11.9. The predicted molar refractivity (Wildman–Crippen MR) is 103 cm³/mol. The largest absolute Gasteiger partial charge is 0.755 e. The maximum Gasteiger partial charge on any atom is 0.335 e. The number of carbonyl (C=O) groups is 1. The highest BCUT2D eigenvalue weighted by atomic mass is 32.2. The van der Waals surface area contributed by atoms with Gasteiger partial charge in [0, 0.05) is 0 Å². The van der Waals surface area contributed by atoms with Crippen molar-refractivity contribution in [1.29, 1.82) is 0 Å². The van der Waals surface area contributed by atoms with E-state index in [-0.39, 0.29) is 0 Å². The molecule has 0 saturated carbocycles. The summed E-state index contributed by atoms with van der Waals surface area (Å²) in [5.41, 5.74) is 2.67. The molecular weight excluding hydrogens is 370 g/mol. The van der Waals surface area contributed by atoms with Crippen LogP contribution in [0.2, 0.25) is 0 Å². The highest BCUT2D eigenvalue weighted by Crippen LogP contribution is 2.31. The van der Waals surface area contributed by atoms with E-state index in [1.807, 2.05) is 29.6 Å². The molecule has 0 spiro atoms. The van der Waals surface area contributed by atoms with E-state index >= 15 is 0 Å². The van der Waals surface area contributed by atoms with E-state index in [9.17, 15) is 18.7 Å². The highest BCUT2D eigenvalue weighted by molar-refractivity contribution is 7.81.